The van der Waals surface area contributed by atoms with Crippen LogP contribution in [0.25, 0.3) is 0 Å². The number of cyclic esters (lactones) is 1. The van der Waals surface area contributed by atoms with Crippen LogP contribution < -0.4 is 0 Å². The monoisotopic (exact) mass is 190 g/mol. The quantitative estimate of drug-likeness (QED) is 0.484. The normalized spacial score (nSPS) is 19.2. The Labute approximate surface area is 75.9 Å². The maximum atomic E-state index is 10.3. The molecule has 1 rings (SSSR count). The number of thiol groups is 1. The SMILES string of the molecule is CC(=O)OC1C=CC(=O)O1.CS. The second kappa shape index (κ2) is 5.65. The van der Waals surface area contributed by atoms with Gasteiger partial charge in [0.2, 0.25) is 0 Å². The van der Waals surface area contributed by atoms with Gasteiger partial charge in [0.15, 0.2) is 0 Å². The highest BCUT2D eigenvalue weighted by atomic mass is 32.1. The molecule has 1 atom stereocenters. The number of carbonyl (C=O) groups excluding carboxylic acids is 2. The molecule has 4 nitrogen and oxygen atoms in total. The summed E-state index contributed by atoms with van der Waals surface area (Å²) in [6, 6.07) is 0. The van der Waals surface area contributed by atoms with Gasteiger partial charge in [-0.05, 0) is 6.26 Å². The first-order valence-corrected chi connectivity index (χ1v) is 4.08. The molecule has 0 bridgehead atoms. The van der Waals surface area contributed by atoms with Crippen molar-refractivity contribution in [3.05, 3.63) is 12.2 Å². The largest absolute Gasteiger partial charge is 0.421 e. The Bertz CT molecular complexity index is 200. The van der Waals surface area contributed by atoms with Crippen molar-refractivity contribution in [2.75, 3.05) is 6.26 Å². The zero-order chi connectivity index (χ0) is 9.56. The van der Waals surface area contributed by atoms with Crippen molar-refractivity contribution in [2.24, 2.45) is 0 Å². The highest BCUT2D eigenvalue weighted by molar-refractivity contribution is 7.79. The van der Waals surface area contributed by atoms with Crippen molar-refractivity contribution in [3.63, 3.8) is 0 Å². The maximum Gasteiger partial charge on any atom is 0.334 e. The molecule has 68 valence electrons. The van der Waals surface area contributed by atoms with Gasteiger partial charge in [-0.3, -0.25) is 4.79 Å². The van der Waals surface area contributed by atoms with Gasteiger partial charge in [0.05, 0.1) is 0 Å². The minimum absolute atomic E-state index is 0.468. The van der Waals surface area contributed by atoms with Crippen molar-refractivity contribution < 1.29 is 19.1 Å². The lowest BCUT2D eigenvalue weighted by Gasteiger charge is -2.06. The van der Waals surface area contributed by atoms with Crippen LogP contribution in [0.1, 0.15) is 6.92 Å². The van der Waals surface area contributed by atoms with Gasteiger partial charge in [-0.15, -0.1) is 0 Å². The number of esters is 2. The van der Waals surface area contributed by atoms with E-state index >= 15 is 0 Å². The maximum absolute atomic E-state index is 10.3. The van der Waals surface area contributed by atoms with Gasteiger partial charge < -0.3 is 9.47 Å². The van der Waals surface area contributed by atoms with Crippen LogP contribution in [0.15, 0.2) is 12.2 Å². The van der Waals surface area contributed by atoms with E-state index in [-0.39, 0.29) is 0 Å². The van der Waals surface area contributed by atoms with E-state index < -0.39 is 18.2 Å². The van der Waals surface area contributed by atoms with Crippen molar-refractivity contribution in [1.29, 1.82) is 0 Å². The third-order valence-corrected chi connectivity index (χ3v) is 0.904. The molecule has 0 N–H and O–H groups in total. The van der Waals surface area contributed by atoms with E-state index in [4.69, 9.17) is 0 Å². The number of carbonyl (C=O) groups is 2. The number of ether oxygens (including phenoxy) is 2. The van der Waals surface area contributed by atoms with Crippen LogP contribution in [0.2, 0.25) is 0 Å². The average molecular weight is 190 g/mol. The fraction of sp³-hybridized carbons (Fsp3) is 0.429. The summed E-state index contributed by atoms with van der Waals surface area (Å²) in [4.78, 5) is 20.6. The van der Waals surface area contributed by atoms with Crippen molar-refractivity contribution in [2.45, 2.75) is 13.2 Å². The topological polar surface area (TPSA) is 52.6 Å². The Morgan fingerprint density at radius 1 is 1.67 bits per heavy atom. The first kappa shape index (κ1) is 11.0. The van der Waals surface area contributed by atoms with Gasteiger partial charge in [-0.25, -0.2) is 4.79 Å². The molecule has 0 saturated heterocycles. The van der Waals surface area contributed by atoms with Crippen molar-refractivity contribution in [1.82, 2.24) is 0 Å². The summed E-state index contributed by atoms with van der Waals surface area (Å²) < 4.78 is 8.99. The molecule has 0 aliphatic carbocycles. The van der Waals surface area contributed by atoms with Crippen molar-refractivity contribution >= 4 is 24.6 Å². The van der Waals surface area contributed by atoms with Crippen LogP contribution in [-0.4, -0.2) is 24.5 Å². The third-order valence-electron chi connectivity index (χ3n) is 0.904. The van der Waals surface area contributed by atoms with Crippen molar-refractivity contribution in [3.8, 4) is 0 Å². The summed E-state index contributed by atoms with van der Waals surface area (Å²) in [5.74, 6) is -0.949. The molecule has 5 heteroatoms. The van der Waals surface area contributed by atoms with Crippen LogP contribution >= 0.6 is 12.6 Å². The molecule has 0 saturated carbocycles. The number of rotatable bonds is 1. The van der Waals surface area contributed by atoms with E-state index in [0.29, 0.717) is 0 Å². The van der Waals surface area contributed by atoms with Gasteiger partial charge in [-0.2, -0.15) is 12.6 Å². The average Bonchev–Trinajstić information content (AvgIpc) is 2.39. The van der Waals surface area contributed by atoms with Gasteiger partial charge in [0.1, 0.15) is 0 Å². The lowest BCUT2D eigenvalue weighted by atomic mass is 10.5. The number of hydrogen-bond acceptors (Lipinski definition) is 5. The third kappa shape index (κ3) is 4.02. The fourth-order valence-electron chi connectivity index (χ4n) is 0.577. The second-order valence-electron chi connectivity index (χ2n) is 1.77. The van der Waals surface area contributed by atoms with E-state index in [2.05, 4.69) is 22.1 Å². The van der Waals surface area contributed by atoms with Gasteiger partial charge >= 0.3 is 11.9 Å². The minimum atomic E-state index is -0.815. The molecule has 1 heterocycles. The first-order valence-electron chi connectivity index (χ1n) is 3.19. The molecular formula is C7H10O4S. The summed E-state index contributed by atoms with van der Waals surface area (Å²) in [5.41, 5.74) is 0. The molecule has 0 amide bonds. The highest BCUT2D eigenvalue weighted by Crippen LogP contribution is 2.05. The van der Waals surface area contributed by atoms with Crippen LogP contribution in [-0.2, 0) is 19.1 Å². The van der Waals surface area contributed by atoms with Crippen LogP contribution in [0, 0.1) is 0 Å². The van der Waals surface area contributed by atoms with Gasteiger partial charge in [0, 0.05) is 19.1 Å². The van der Waals surface area contributed by atoms with Crippen LogP contribution in [0.5, 0.6) is 0 Å². The predicted molar refractivity (Wildman–Crippen MR) is 45.7 cm³/mol. The van der Waals surface area contributed by atoms with Gasteiger partial charge in [-0.1, -0.05) is 0 Å². The molecule has 0 radical (unpaired) electrons. The number of hydrogen-bond donors (Lipinski definition) is 1. The van der Waals surface area contributed by atoms with E-state index in [1.807, 2.05) is 0 Å². The molecule has 0 aromatic heterocycles. The van der Waals surface area contributed by atoms with E-state index in [9.17, 15) is 9.59 Å². The Kier molecular flexibility index (Phi) is 5.19. The predicted octanol–water partition coefficient (Wildman–Crippen LogP) is 0.535. The molecule has 0 spiro atoms. The van der Waals surface area contributed by atoms with Crippen LogP contribution in [0.4, 0.5) is 0 Å². The smallest absolute Gasteiger partial charge is 0.334 e. The summed E-state index contributed by atoms with van der Waals surface area (Å²) >= 11 is 3.53. The minimum Gasteiger partial charge on any atom is -0.421 e. The molecular weight excluding hydrogens is 180 g/mol. The Morgan fingerprint density at radius 3 is 2.58 bits per heavy atom. The summed E-state index contributed by atoms with van der Waals surface area (Å²) in [6.07, 6.45) is 3.47. The zero-order valence-electron chi connectivity index (χ0n) is 6.81. The standard InChI is InChI=1S/C6H6O4.CH4S/c1-4(7)9-6-3-2-5(8)10-6;1-2/h2-3,6H,1H3;2H,1H3. The lowest BCUT2D eigenvalue weighted by Crippen LogP contribution is -2.15. The lowest BCUT2D eigenvalue weighted by molar-refractivity contribution is -0.170. The molecule has 12 heavy (non-hydrogen) atoms. The molecule has 1 unspecified atom stereocenters. The van der Waals surface area contributed by atoms with Crippen LogP contribution in [0.3, 0.4) is 0 Å². The summed E-state index contributed by atoms with van der Waals surface area (Å²) in [7, 11) is 0. The summed E-state index contributed by atoms with van der Waals surface area (Å²) in [5, 5.41) is 0. The molecule has 0 fully saturated rings. The Balaban J connectivity index is 0.000000561. The van der Waals surface area contributed by atoms with E-state index in [1.165, 1.54) is 19.1 Å². The summed E-state index contributed by atoms with van der Waals surface area (Å²) in [6.45, 7) is 1.25. The Hall–Kier alpha value is -0.970. The van der Waals surface area contributed by atoms with E-state index in [1.54, 1.807) is 6.26 Å². The molecule has 0 aromatic carbocycles. The van der Waals surface area contributed by atoms with E-state index in [0.717, 1.165) is 0 Å². The Morgan fingerprint density at radius 2 is 2.25 bits per heavy atom. The zero-order valence-corrected chi connectivity index (χ0v) is 7.71. The first-order chi connectivity index (χ1) is 5.68. The molecule has 1 aliphatic heterocycles. The molecule has 1 aliphatic rings. The fourth-order valence-corrected chi connectivity index (χ4v) is 0.577. The second-order valence-corrected chi connectivity index (χ2v) is 1.77. The molecule has 0 aromatic rings. The highest BCUT2D eigenvalue weighted by Gasteiger charge is 2.18. The van der Waals surface area contributed by atoms with Gasteiger partial charge in [0.25, 0.3) is 6.29 Å².